The predicted molar refractivity (Wildman–Crippen MR) is 85.5 cm³/mol. The molecule has 1 unspecified atom stereocenters. The van der Waals surface area contributed by atoms with E-state index < -0.39 is 17.5 Å². The number of rotatable bonds is 4. The van der Waals surface area contributed by atoms with Gasteiger partial charge in [-0.3, -0.25) is 9.69 Å². The maximum Gasteiger partial charge on any atom is 0.374 e. The fraction of sp³-hybridized carbons (Fsp3) is 0.312. The van der Waals surface area contributed by atoms with E-state index in [4.69, 9.17) is 4.42 Å². The van der Waals surface area contributed by atoms with Gasteiger partial charge in [-0.15, -0.1) is 11.3 Å². The summed E-state index contributed by atoms with van der Waals surface area (Å²) in [5.74, 6) is -0.546. The van der Waals surface area contributed by atoms with Gasteiger partial charge in [-0.2, -0.15) is 0 Å². The Hall–Kier alpha value is -2.61. The zero-order valence-electron chi connectivity index (χ0n) is 13.4. The third-order valence-electron chi connectivity index (χ3n) is 3.94. The number of amides is 3. The van der Waals surface area contributed by atoms with E-state index in [0.29, 0.717) is 11.3 Å². The van der Waals surface area contributed by atoms with Crippen molar-refractivity contribution in [3.05, 3.63) is 45.5 Å². The molecule has 0 aromatic carbocycles. The van der Waals surface area contributed by atoms with Crippen molar-refractivity contribution in [3.8, 4) is 0 Å². The molecular formula is C16H16N2O5S. The topological polar surface area (TPSA) is 88.8 Å². The average Bonchev–Trinajstić information content (AvgIpc) is 3.24. The second kappa shape index (κ2) is 5.79. The van der Waals surface area contributed by atoms with Crippen molar-refractivity contribution in [3.63, 3.8) is 0 Å². The first-order valence-electron chi connectivity index (χ1n) is 7.22. The fourth-order valence-electron chi connectivity index (χ4n) is 2.65. The van der Waals surface area contributed by atoms with Crippen molar-refractivity contribution in [2.45, 2.75) is 25.9 Å². The van der Waals surface area contributed by atoms with Crippen molar-refractivity contribution in [2.24, 2.45) is 0 Å². The SMILES string of the molecule is COC(=O)c1oc(CN2C(=O)NC(C)(c3cccs3)C2=O)cc1C. The number of aryl methyl sites for hydroxylation is 1. The largest absolute Gasteiger partial charge is 0.463 e. The van der Waals surface area contributed by atoms with Crippen molar-refractivity contribution < 1.29 is 23.5 Å². The number of furan rings is 1. The molecule has 3 heterocycles. The van der Waals surface area contributed by atoms with Gasteiger partial charge in [0.2, 0.25) is 5.76 Å². The van der Waals surface area contributed by atoms with Gasteiger partial charge in [-0.05, 0) is 31.4 Å². The zero-order valence-corrected chi connectivity index (χ0v) is 14.2. The molecule has 8 heteroatoms. The molecule has 1 aliphatic heterocycles. The van der Waals surface area contributed by atoms with Crippen LogP contribution in [0.5, 0.6) is 0 Å². The number of urea groups is 1. The van der Waals surface area contributed by atoms with Gasteiger partial charge < -0.3 is 14.5 Å². The molecule has 0 aliphatic carbocycles. The van der Waals surface area contributed by atoms with Crippen LogP contribution in [0.2, 0.25) is 0 Å². The second-order valence-corrected chi connectivity index (χ2v) is 6.59. The lowest BCUT2D eigenvalue weighted by molar-refractivity contribution is -0.131. The Labute approximate surface area is 142 Å². The third-order valence-corrected chi connectivity index (χ3v) is 5.03. The van der Waals surface area contributed by atoms with Crippen LogP contribution >= 0.6 is 11.3 Å². The highest BCUT2D eigenvalue weighted by Crippen LogP contribution is 2.32. The summed E-state index contributed by atoms with van der Waals surface area (Å²) in [6.45, 7) is 3.32. The van der Waals surface area contributed by atoms with Crippen molar-refractivity contribution in [2.75, 3.05) is 7.11 Å². The summed E-state index contributed by atoms with van der Waals surface area (Å²) in [6, 6.07) is 4.75. The van der Waals surface area contributed by atoms with E-state index in [1.165, 1.54) is 18.4 Å². The number of methoxy groups -OCH3 is 1. The Morgan fingerprint density at radius 2 is 2.21 bits per heavy atom. The van der Waals surface area contributed by atoms with Crippen LogP contribution in [0.1, 0.15) is 33.7 Å². The van der Waals surface area contributed by atoms with Crippen LogP contribution in [0.4, 0.5) is 4.79 Å². The van der Waals surface area contributed by atoms with Gasteiger partial charge in [0.1, 0.15) is 5.76 Å². The predicted octanol–water partition coefficient (Wildman–Crippen LogP) is 2.40. The second-order valence-electron chi connectivity index (χ2n) is 5.64. The minimum Gasteiger partial charge on any atom is -0.463 e. The van der Waals surface area contributed by atoms with Gasteiger partial charge in [0, 0.05) is 10.4 Å². The van der Waals surface area contributed by atoms with Crippen molar-refractivity contribution in [1.29, 1.82) is 0 Å². The standard InChI is InChI=1S/C16H16N2O5S/c1-9-7-10(23-12(9)13(19)22-3)8-18-14(20)16(2,17-15(18)21)11-5-4-6-24-11/h4-7H,8H2,1-3H3,(H,17,21). The molecule has 2 aromatic heterocycles. The van der Waals surface area contributed by atoms with E-state index in [0.717, 1.165) is 9.78 Å². The Kier molecular flexibility index (Phi) is 3.92. The van der Waals surface area contributed by atoms with Crippen LogP contribution in [-0.4, -0.2) is 29.9 Å². The van der Waals surface area contributed by atoms with E-state index in [2.05, 4.69) is 10.1 Å². The van der Waals surface area contributed by atoms with E-state index in [1.807, 2.05) is 11.4 Å². The molecule has 1 saturated heterocycles. The summed E-state index contributed by atoms with van der Waals surface area (Å²) < 4.78 is 10.1. The summed E-state index contributed by atoms with van der Waals surface area (Å²) in [7, 11) is 1.26. The number of imide groups is 1. The number of thiophene rings is 1. The van der Waals surface area contributed by atoms with E-state index >= 15 is 0 Å². The number of nitrogens with zero attached hydrogens (tertiary/aromatic N) is 1. The molecule has 1 N–H and O–H groups in total. The Balaban J connectivity index is 1.85. The number of nitrogens with one attached hydrogen (secondary N) is 1. The first kappa shape index (κ1) is 16.3. The molecule has 24 heavy (non-hydrogen) atoms. The van der Waals surface area contributed by atoms with Crippen LogP contribution in [0, 0.1) is 6.92 Å². The van der Waals surface area contributed by atoms with Crippen LogP contribution in [0.15, 0.2) is 28.0 Å². The van der Waals surface area contributed by atoms with Gasteiger partial charge in [-0.1, -0.05) is 6.07 Å². The van der Waals surface area contributed by atoms with E-state index in [-0.39, 0.29) is 18.2 Å². The number of esters is 1. The summed E-state index contributed by atoms with van der Waals surface area (Å²) in [6.07, 6.45) is 0. The van der Waals surface area contributed by atoms with Gasteiger partial charge in [0.15, 0.2) is 5.54 Å². The molecular weight excluding hydrogens is 332 g/mol. The molecule has 0 saturated carbocycles. The van der Waals surface area contributed by atoms with Gasteiger partial charge in [0.05, 0.1) is 13.7 Å². The summed E-state index contributed by atoms with van der Waals surface area (Å²) in [4.78, 5) is 38.4. The monoisotopic (exact) mass is 348 g/mol. The molecule has 0 radical (unpaired) electrons. The van der Waals surface area contributed by atoms with Crippen molar-refractivity contribution >= 4 is 29.2 Å². The van der Waals surface area contributed by atoms with Crippen LogP contribution in [-0.2, 0) is 21.6 Å². The highest BCUT2D eigenvalue weighted by Gasteiger charge is 2.49. The number of hydrogen-bond donors (Lipinski definition) is 1. The molecule has 2 aromatic rings. The first-order valence-corrected chi connectivity index (χ1v) is 8.10. The summed E-state index contributed by atoms with van der Waals surface area (Å²) >= 11 is 1.40. The number of carbonyl (C=O) groups excluding carboxylic acids is 3. The fourth-order valence-corrected chi connectivity index (χ4v) is 3.48. The lowest BCUT2D eigenvalue weighted by atomic mass is 10.0. The summed E-state index contributed by atoms with van der Waals surface area (Å²) in [5.41, 5.74) is -0.497. The molecule has 126 valence electrons. The Bertz CT molecular complexity index is 811. The first-order chi connectivity index (χ1) is 11.4. The Morgan fingerprint density at radius 1 is 1.46 bits per heavy atom. The highest BCUT2D eigenvalue weighted by molar-refractivity contribution is 7.10. The van der Waals surface area contributed by atoms with Crippen molar-refractivity contribution in [1.82, 2.24) is 10.2 Å². The smallest absolute Gasteiger partial charge is 0.374 e. The molecule has 3 amide bonds. The lowest BCUT2D eigenvalue weighted by Crippen LogP contribution is -2.40. The molecule has 7 nitrogen and oxygen atoms in total. The minimum absolute atomic E-state index is 0.0521. The molecule has 0 spiro atoms. The molecule has 1 aliphatic rings. The minimum atomic E-state index is -1.09. The summed E-state index contributed by atoms with van der Waals surface area (Å²) in [5, 5.41) is 4.57. The van der Waals surface area contributed by atoms with Crippen LogP contribution in [0.3, 0.4) is 0 Å². The van der Waals surface area contributed by atoms with Crippen LogP contribution < -0.4 is 5.32 Å². The molecule has 0 bridgehead atoms. The van der Waals surface area contributed by atoms with Gasteiger partial charge >= 0.3 is 12.0 Å². The maximum absolute atomic E-state index is 12.7. The maximum atomic E-state index is 12.7. The van der Waals surface area contributed by atoms with E-state index in [9.17, 15) is 14.4 Å². The van der Waals surface area contributed by atoms with Crippen LogP contribution in [0.25, 0.3) is 0 Å². The highest BCUT2D eigenvalue weighted by atomic mass is 32.1. The lowest BCUT2D eigenvalue weighted by Gasteiger charge is -2.19. The number of hydrogen-bond acceptors (Lipinski definition) is 6. The Morgan fingerprint density at radius 3 is 2.83 bits per heavy atom. The third kappa shape index (κ3) is 2.48. The number of ether oxygens (including phenoxy) is 1. The van der Waals surface area contributed by atoms with E-state index in [1.54, 1.807) is 26.0 Å². The molecule has 1 fully saturated rings. The number of carbonyl (C=O) groups is 3. The van der Waals surface area contributed by atoms with Gasteiger partial charge in [0.25, 0.3) is 5.91 Å². The molecule has 3 rings (SSSR count). The average molecular weight is 348 g/mol. The molecule has 1 atom stereocenters. The zero-order chi connectivity index (χ0) is 17.5. The normalized spacial score (nSPS) is 20.4. The van der Waals surface area contributed by atoms with Gasteiger partial charge in [-0.25, -0.2) is 9.59 Å². The quantitative estimate of drug-likeness (QED) is 0.677.